The van der Waals surface area contributed by atoms with Crippen LogP contribution in [0.4, 0.5) is 11.4 Å². The molecule has 0 heterocycles. The number of hydrogen-bond donors (Lipinski definition) is 1. The minimum atomic E-state index is -0.235. The quantitative estimate of drug-likeness (QED) is 0.870. The van der Waals surface area contributed by atoms with Gasteiger partial charge in [0.2, 0.25) is 5.91 Å². The second-order valence-corrected chi connectivity index (χ2v) is 5.42. The van der Waals surface area contributed by atoms with Crippen LogP contribution >= 0.6 is 27.5 Å². The highest BCUT2D eigenvalue weighted by Crippen LogP contribution is 2.32. The molecule has 88 valence electrons. The van der Waals surface area contributed by atoms with Gasteiger partial charge in [-0.3, -0.25) is 4.79 Å². The Morgan fingerprint density at radius 2 is 2.12 bits per heavy atom. The molecule has 0 spiro atoms. The molecule has 1 atom stereocenters. The molecule has 0 aliphatic heterocycles. The van der Waals surface area contributed by atoms with Crippen molar-refractivity contribution < 1.29 is 4.79 Å². The molecule has 0 aliphatic carbocycles. The topological polar surface area (TPSA) is 32.3 Å². The summed E-state index contributed by atoms with van der Waals surface area (Å²) in [5.74, 6) is -0.0923. The number of halogens is 2. The van der Waals surface area contributed by atoms with Crippen LogP contribution in [-0.2, 0) is 4.79 Å². The van der Waals surface area contributed by atoms with E-state index in [1.54, 1.807) is 13.0 Å². The van der Waals surface area contributed by atoms with E-state index in [-0.39, 0.29) is 10.7 Å². The molecule has 5 heteroatoms. The average molecular weight is 306 g/mol. The Morgan fingerprint density at radius 1 is 1.50 bits per heavy atom. The summed E-state index contributed by atoms with van der Waals surface area (Å²) in [6, 6.07) is 5.43. The van der Waals surface area contributed by atoms with E-state index in [4.69, 9.17) is 11.6 Å². The zero-order chi connectivity index (χ0) is 12.3. The molecule has 0 saturated heterocycles. The predicted octanol–water partition coefficient (Wildman–Crippen LogP) is 3.13. The number of amides is 1. The summed E-state index contributed by atoms with van der Waals surface area (Å²) < 4.78 is 0. The van der Waals surface area contributed by atoms with Gasteiger partial charge in [-0.15, -0.1) is 0 Å². The fourth-order valence-electron chi connectivity index (χ4n) is 1.30. The molecule has 0 bridgehead atoms. The molecule has 1 aromatic carbocycles. The number of anilines is 2. The van der Waals surface area contributed by atoms with Crippen LogP contribution in [0.25, 0.3) is 0 Å². The molecule has 0 fully saturated rings. The minimum absolute atomic E-state index is 0.0923. The van der Waals surface area contributed by atoms with Crippen LogP contribution in [0.15, 0.2) is 18.2 Å². The van der Waals surface area contributed by atoms with Crippen molar-refractivity contribution >= 4 is 44.8 Å². The first-order valence-corrected chi connectivity index (χ1v) is 6.13. The van der Waals surface area contributed by atoms with E-state index >= 15 is 0 Å². The fourth-order valence-corrected chi connectivity index (χ4v) is 1.76. The maximum absolute atomic E-state index is 11.6. The van der Waals surface area contributed by atoms with Gasteiger partial charge >= 0.3 is 0 Å². The first-order chi connectivity index (χ1) is 7.43. The first kappa shape index (κ1) is 13.3. The second-order valence-electron chi connectivity index (χ2n) is 3.64. The van der Waals surface area contributed by atoms with Crippen LogP contribution in [-0.4, -0.2) is 24.8 Å². The van der Waals surface area contributed by atoms with Gasteiger partial charge in [0.15, 0.2) is 0 Å². The van der Waals surface area contributed by atoms with Crippen LogP contribution in [0, 0.1) is 0 Å². The molecule has 0 saturated carbocycles. The summed E-state index contributed by atoms with van der Waals surface area (Å²) in [6.45, 7) is 1.77. The molecule has 1 N–H and O–H groups in total. The van der Waals surface area contributed by atoms with Gasteiger partial charge in [0.05, 0.1) is 21.2 Å². The van der Waals surface area contributed by atoms with E-state index in [0.29, 0.717) is 10.7 Å². The molecule has 16 heavy (non-hydrogen) atoms. The first-order valence-electron chi connectivity index (χ1n) is 4.84. The Labute approximate surface area is 109 Å². The van der Waals surface area contributed by atoms with Gasteiger partial charge in [-0.2, -0.15) is 0 Å². The largest absolute Gasteiger partial charge is 0.375 e. The minimum Gasteiger partial charge on any atom is -0.375 e. The molecule has 1 amide bonds. The number of para-hydroxylation sites is 1. The molecule has 1 rings (SSSR count). The van der Waals surface area contributed by atoms with Crippen molar-refractivity contribution in [2.24, 2.45) is 0 Å². The zero-order valence-electron chi connectivity index (χ0n) is 9.42. The highest BCUT2D eigenvalue weighted by Gasteiger charge is 2.14. The maximum atomic E-state index is 11.6. The lowest BCUT2D eigenvalue weighted by molar-refractivity contribution is -0.115. The average Bonchev–Trinajstić information content (AvgIpc) is 2.16. The van der Waals surface area contributed by atoms with Crippen molar-refractivity contribution in [2.75, 3.05) is 24.3 Å². The Morgan fingerprint density at radius 3 is 2.62 bits per heavy atom. The van der Waals surface area contributed by atoms with E-state index in [0.717, 1.165) is 5.69 Å². The number of nitrogens with one attached hydrogen (secondary N) is 1. The van der Waals surface area contributed by atoms with Crippen molar-refractivity contribution in [1.82, 2.24) is 0 Å². The molecule has 0 radical (unpaired) electrons. The Bertz CT molecular complexity index is 394. The molecule has 0 aromatic heterocycles. The van der Waals surface area contributed by atoms with Crippen molar-refractivity contribution in [3.8, 4) is 0 Å². The SMILES string of the molecule is CC(Br)C(=O)Nc1cccc(Cl)c1N(C)C. The standard InChI is InChI=1S/C11H14BrClN2O/c1-7(12)11(16)14-9-6-4-5-8(13)10(9)15(2)3/h4-7H,1-3H3,(H,14,16). The van der Waals surface area contributed by atoms with E-state index < -0.39 is 0 Å². The number of hydrogen-bond acceptors (Lipinski definition) is 2. The summed E-state index contributed by atoms with van der Waals surface area (Å²) in [5.41, 5.74) is 1.53. The lowest BCUT2D eigenvalue weighted by Crippen LogP contribution is -2.22. The predicted molar refractivity (Wildman–Crippen MR) is 72.8 cm³/mol. The van der Waals surface area contributed by atoms with Crippen LogP contribution in [0.3, 0.4) is 0 Å². The lowest BCUT2D eigenvalue weighted by Gasteiger charge is -2.19. The summed E-state index contributed by atoms with van der Waals surface area (Å²) in [6.07, 6.45) is 0. The molecule has 1 unspecified atom stereocenters. The Balaban J connectivity index is 3.04. The third-order valence-corrected chi connectivity index (χ3v) is 2.77. The third kappa shape index (κ3) is 3.12. The van der Waals surface area contributed by atoms with Gasteiger partial charge in [0, 0.05) is 14.1 Å². The van der Waals surface area contributed by atoms with Crippen molar-refractivity contribution in [3.63, 3.8) is 0 Å². The normalized spacial score (nSPS) is 12.1. The zero-order valence-corrected chi connectivity index (χ0v) is 11.8. The van der Waals surface area contributed by atoms with Crippen molar-refractivity contribution in [3.05, 3.63) is 23.2 Å². The van der Waals surface area contributed by atoms with Gasteiger partial charge in [-0.25, -0.2) is 0 Å². The highest BCUT2D eigenvalue weighted by atomic mass is 79.9. The lowest BCUT2D eigenvalue weighted by atomic mass is 10.2. The van der Waals surface area contributed by atoms with Crippen LogP contribution < -0.4 is 10.2 Å². The van der Waals surface area contributed by atoms with E-state index in [1.165, 1.54) is 0 Å². The van der Waals surface area contributed by atoms with Gasteiger partial charge in [-0.1, -0.05) is 33.6 Å². The maximum Gasteiger partial charge on any atom is 0.237 e. The summed E-state index contributed by atoms with van der Waals surface area (Å²) in [4.78, 5) is 13.2. The number of nitrogens with zero attached hydrogens (tertiary/aromatic N) is 1. The number of rotatable bonds is 3. The van der Waals surface area contributed by atoms with Gasteiger partial charge in [-0.05, 0) is 19.1 Å². The monoisotopic (exact) mass is 304 g/mol. The number of carbonyl (C=O) groups excluding carboxylic acids is 1. The Hall–Kier alpha value is -0.740. The fraction of sp³-hybridized carbons (Fsp3) is 0.364. The van der Waals surface area contributed by atoms with Gasteiger partial charge < -0.3 is 10.2 Å². The molecular formula is C11H14BrClN2O. The van der Waals surface area contributed by atoms with E-state index in [1.807, 2.05) is 31.1 Å². The summed E-state index contributed by atoms with van der Waals surface area (Å²) >= 11 is 9.30. The Kier molecular flexibility index (Phi) is 4.62. The number of carbonyl (C=O) groups is 1. The molecule has 1 aromatic rings. The van der Waals surface area contributed by atoms with Crippen LogP contribution in [0.1, 0.15) is 6.92 Å². The molecular weight excluding hydrogens is 291 g/mol. The van der Waals surface area contributed by atoms with Gasteiger partial charge in [0.1, 0.15) is 0 Å². The second kappa shape index (κ2) is 5.55. The third-order valence-electron chi connectivity index (χ3n) is 2.05. The number of benzene rings is 1. The van der Waals surface area contributed by atoms with E-state index in [9.17, 15) is 4.79 Å². The molecule has 0 aliphatic rings. The highest BCUT2D eigenvalue weighted by molar-refractivity contribution is 9.10. The summed E-state index contributed by atoms with van der Waals surface area (Å²) in [5, 5.41) is 3.44. The van der Waals surface area contributed by atoms with Crippen molar-refractivity contribution in [2.45, 2.75) is 11.8 Å². The number of alkyl halides is 1. The van der Waals surface area contributed by atoms with E-state index in [2.05, 4.69) is 21.2 Å². The van der Waals surface area contributed by atoms with Crippen molar-refractivity contribution in [1.29, 1.82) is 0 Å². The summed E-state index contributed by atoms with van der Waals surface area (Å²) in [7, 11) is 3.77. The smallest absolute Gasteiger partial charge is 0.237 e. The van der Waals surface area contributed by atoms with Crippen LogP contribution in [0.5, 0.6) is 0 Å². The molecule has 3 nitrogen and oxygen atoms in total. The van der Waals surface area contributed by atoms with Crippen LogP contribution in [0.2, 0.25) is 5.02 Å². The van der Waals surface area contributed by atoms with Gasteiger partial charge in [0.25, 0.3) is 0 Å².